The number of urea groups is 1. The zero-order valence-corrected chi connectivity index (χ0v) is 17.4. The fourth-order valence-corrected chi connectivity index (χ4v) is 4.43. The first kappa shape index (κ1) is 19.3. The van der Waals surface area contributed by atoms with Crippen molar-refractivity contribution in [3.05, 3.63) is 54.7 Å². The van der Waals surface area contributed by atoms with Crippen molar-refractivity contribution in [1.29, 1.82) is 0 Å². The summed E-state index contributed by atoms with van der Waals surface area (Å²) in [6.45, 7) is 4.13. The Morgan fingerprint density at radius 3 is 2.77 bits per heavy atom. The number of fused-ring (bicyclic) bond motifs is 1. The molecule has 0 unspecified atom stereocenters. The molecule has 3 amide bonds. The van der Waals surface area contributed by atoms with E-state index in [0.29, 0.717) is 6.54 Å². The standard InChI is InChI=1S/C22H25N7O2/c1-16-2-4-17(5-3-16)25-19(30)13-29-14-22(26-21(29)31)6-9-27(10-7-22)20-18-12-23-15-28(18)11-8-24-20/h2-5,8,11-12,15H,6-7,9-10,13-14H2,1H3,(H,25,30)(H,26,31). The SMILES string of the molecule is Cc1ccc(NC(=O)CN2CC3(CCN(c4nccn5cncc45)CC3)NC2=O)cc1. The van der Waals surface area contributed by atoms with Gasteiger partial charge in [-0.05, 0) is 31.9 Å². The number of hydrogen-bond acceptors (Lipinski definition) is 5. The number of benzene rings is 1. The van der Waals surface area contributed by atoms with Crippen LogP contribution >= 0.6 is 0 Å². The minimum atomic E-state index is -0.303. The third-order valence-corrected chi connectivity index (χ3v) is 6.16. The van der Waals surface area contributed by atoms with Gasteiger partial charge in [0.15, 0.2) is 5.82 Å². The van der Waals surface area contributed by atoms with Crippen LogP contribution in [-0.2, 0) is 4.79 Å². The zero-order chi connectivity index (χ0) is 21.4. The van der Waals surface area contributed by atoms with Crippen LogP contribution in [0.5, 0.6) is 0 Å². The van der Waals surface area contributed by atoms with E-state index in [9.17, 15) is 9.59 Å². The second kappa shape index (κ2) is 7.57. The van der Waals surface area contributed by atoms with E-state index in [1.165, 1.54) is 0 Å². The van der Waals surface area contributed by atoms with Gasteiger partial charge in [0.2, 0.25) is 5.91 Å². The van der Waals surface area contributed by atoms with Crippen molar-refractivity contribution >= 4 is 29.0 Å². The van der Waals surface area contributed by atoms with E-state index in [1.807, 2.05) is 48.0 Å². The summed E-state index contributed by atoms with van der Waals surface area (Å²) >= 11 is 0. The van der Waals surface area contributed by atoms with Crippen molar-refractivity contribution in [2.24, 2.45) is 0 Å². The van der Waals surface area contributed by atoms with E-state index in [2.05, 4.69) is 25.5 Å². The maximum absolute atomic E-state index is 12.6. The molecule has 0 aliphatic carbocycles. The van der Waals surface area contributed by atoms with Gasteiger partial charge in [-0.2, -0.15) is 0 Å². The largest absolute Gasteiger partial charge is 0.355 e. The van der Waals surface area contributed by atoms with Crippen molar-refractivity contribution in [1.82, 2.24) is 24.6 Å². The zero-order valence-electron chi connectivity index (χ0n) is 17.4. The number of amides is 3. The second-order valence-electron chi connectivity index (χ2n) is 8.40. The van der Waals surface area contributed by atoms with Gasteiger partial charge < -0.3 is 24.8 Å². The van der Waals surface area contributed by atoms with Gasteiger partial charge in [0, 0.05) is 37.7 Å². The van der Waals surface area contributed by atoms with Crippen molar-refractivity contribution in [3.8, 4) is 0 Å². The molecule has 0 atom stereocenters. The molecule has 2 aliphatic rings. The molecule has 4 heterocycles. The first-order valence-corrected chi connectivity index (χ1v) is 10.5. The molecule has 3 aromatic rings. The number of aromatic nitrogens is 3. The summed E-state index contributed by atoms with van der Waals surface area (Å²) in [6, 6.07) is 7.44. The predicted molar refractivity (Wildman–Crippen MR) is 117 cm³/mol. The number of anilines is 2. The van der Waals surface area contributed by atoms with E-state index in [4.69, 9.17) is 0 Å². The molecule has 9 nitrogen and oxygen atoms in total. The maximum atomic E-state index is 12.6. The smallest absolute Gasteiger partial charge is 0.318 e. The van der Waals surface area contributed by atoms with Crippen LogP contribution in [0.1, 0.15) is 18.4 Å². The van der Waals surface area contributed by atoms with Crippen molar-refractivity contribution in [2.45, 2.75) is 25.3 Å². The molecule has 2 aromatic heterocycles. The van der Waals surface area contributed by atoms with Gasteiger partial charge in [-0.1, -0.05) is 17.7 Å². The summed E-state index contributed by atoms with van der Waals surface area (Å²) < 4.78 is 1.96. The monoisotopic (exact) mass is 419 g/mol. The normalized spacial score (nSPS) is 17.9. The van der Waals surface area contributed by atoms with Gasteiger partial charge in [0.05, 0.1) is 18.1 Å². The number of carbonyl (C=O) groups excluding carboxylic acids is 2. The topological polar surface area (TPSA) is 94.9 Å². The van der Waals surface area contributed by atoms with Gasteiger partial charge >= 0.3 is 6.03 Å². The second-order valence-corrected chi connectivity index (χ2v) is 8.40. The van der Waals surface area contributed by atoms with E-state index in [1.54, 1.807) is 17.4 Å². The molecular weight excluding hydrogens is 394 g/mol. The Kier molecular flexibility index (Phi) is 4.72. The number of hydrogen-bond donors (Lipinski definition) is 2. The molecule has 5 rings (SSSR count). The number of imidazole rings is 1. The number of carbonyl (C=O) groups is 2. The van der Waals surface area contributed by atoms with Gasteiger partial charge in [-0.15, -0.1) is 0 Å². The Labute approximate surface area is 180 Å². The molecule has 9 heteroatoms. The van der Waals surface area contributed by atoms with E-state index >= 15 is 0 Å². The molecule has 1 spiro atoms. The molecule has 2 N–H and O–H groups in total. The predicted octanol–water partition coefficient (Wildman–Crippen LogP) is 2.04. The Hall–Kier alpha value is -3.62. The number of aryl methyl sites for hydroxylation is 1. The van der Waals surface area contributed by atoms with Crippen LogP contribution in [0.2, 0.25) is 0 Å². The van der Waals surface area contributed by atoms with Crippen molar-refractivity contribution < 1.29 is 9.59 Å². The molecule has 2 fully saturated rings. The van der Waals surface area contributed by atoms with Gasteiger partial charge in [0.25, 0.3) is 0 Å². The van der Waals surface area contributed by atoms with Crippen LogP contribution in [0.25, 0.3) is 5.52 Å². The summed E-state index contributed by atoms with van der Waals surface area (Å²) in [5.41, 5.74) is 2.54. The quantitative estimate of drug-likeness (QED) is 0.675. The summed E-state index contributed by atoms with van der Waals surface area (Å²) in [4.78, 5) is 37.6. The summed E-state index contributed by atoms with van der Waals surface area (Å²) in [7, 11) is 0. The average molecular weight is 419 g/mol. The van der Waals surface area contributed by atoms with Crippen molar-refractivity contribution in [2.75, 3.05) is 36.4 Å². The van der Waals surface area contributed by atoms with Crippen LogP contribution in [0.4, 0.5) is 16.3 Å². The third-order valence-electron chi connectivity index (χ3n) is 6.16. The summed E-state index contributed by atoms with van der Waals surface area (Å²) in [6.07, 6.45) is 8.84. The number of nitrogens with zero attached hydrogens (tertiary/aromatic N) is 5. The summed E-state index contributed by atoms with van der Waals surface area (Å²) in [5.74, 6) is 0.721. The van der Waals surface area contributed by atoms with Crippen LogP contribution in [0.15, 0.2) is 49.2 Å². The van der Waals surface area contributed by atoms with Crippen LogP contribution in [0, 0.1) is 6.92 Å². The van der Waals surface area contributed by atoms with Crippen LogP contribution in [0.3, 0.4) is 0 Å². The van der Waals surface area contributed by atoms with E-state index < -0.39 is 0 Å². The number of piperidine rings is 1. The summed E-state index contributed by atoms with van der Waals surface area (Å²) in [5, 5.41) is 6.01. The lowest BCUT2D eigenvalue weighted by Gasteiger charge is -2.39. The highest BCUT2D eigenvalue weighted by Gasteiger charge is 2.45. The van der Waals surface area contributed by atoms with E-state index in [-0.39, 0.29) is 24.0 Å². The van der Waals surface area contributed by atoms with Gasteiger partial charge in [0.1, 0.15) is 12.1 Å². The highest BCUT2D eigenvalue weighted by molar-refractivity contribution is 5.94. The van der Waals surface area contributed by atoms with Crippen LogP contribution in [-0.4, -0.2) is 62.9 Å². The van der Waals surface area contributed by atoms with Crippen LogP contribution < -0.4 is 15.5 Å². The number of nitrogens with one attached hydrogen (secondary N) is 2. The first-order valence-electron chi connectivity index (χ1n) is 10.5. The molecule has 0 radical (unpaired) electrons. The molecule has 1 aromatic carbocycles. The lowest BCUT2D eigenvalue weighted by molar-refractivity contribution is -0.116. The molecule has 2 saturated heterocycles. The minimum Gasteiger partial charge on any atom is -0.355 e. The van der Waals surface area contributed by atoms with Gasteiger partial charge in [-0.3, -0.25) is 4.79 Å². The maximum Gasteiger partial charge on any atom is 0.318 e. The molecule has 0 bridgehead atoms. The number of rotatable bonds is 4. The molecule has 31 heavy (non-hydrogen) atoms. The van der Waals surface area contributed by atoms with Gasteiger partial charge in [-0.25, -0.2) is 14.8 Å². The first-order chi connectivity index (χ1) is 15.0. The van der Waals surface area contributed by atoms with E-state index in [0.717, 1.165) is 48.5 Å². The Balaban J connectivity index is 1.20. The molecule has 0 saturated carbocycles. The average Bonchev–Trinajstić information content (AvgIpc) is 3.35. The molecule has 2 aliphatic heterocycles. The highest BCUT2D eigenvalue weighted by atomic mass is 16.2. The molecular formula is C22H25N7O2. The highest BCUT2D eigenvalue weighted by Crippen LogP contribution is 2.31. The molecule has 160 valence electrons. The lowest BCUT2D eigenvalue weighted by atomic mass is 9.88. The Morgan fingerprint density at radius 2 is 2.00 bits per heavy atom. The minimum absolute atomic E-state index is 0.0435. The lowest BCUT2D eigenvalue weighted by Crippen LogP contribution is -2.52. The van der Waals surface area contributed by atoms with Crippen molar-refractivity contribution in [3.63, 3.8) is 0 Å². The fraction of sp³-hybridized carbons (Fsp3) is 0.364. The fourth-order valence-electron chi connectivity index (χ4n) is 4.43. The third kappa shape index (κ3) is 3.78. The Bertz CT molecular complexity index is 1120. The Morgan fingerprint density at radius 1 is 1.23 bits per heavy atom.